The second-order valence-electron chi connectivity index (χ2n) is 6.65. The molecule has 1 atom stereocenters. The molecule has 0 saturated carbocycles. The first-order valence-corrected chi connectivity index (χ1v) is 10.9. The number of tetrazole rings is 1. The van der Waals surface area contributed by atoms with Crippen LogP contribution in [-0.2, 0) is 11.3 Å². The van der Waals surface area contributed by atoms with E-state index in [1.54, 1.807) is 34.8 Å². The number of amides is 1. The molecule has 30 heavy (non-hydrogen) atoms. The van der Waals surface area contributed by atoms with Crippen molar-refractivity contribution in [2.24, 2.45) is 5.10 Å². The monoisotopic (exact) mass is 438 g/mol. The Morgan fingerprint density at radius 2 is 2.00 bits per heavy atom. The molecule has 0 spiro atoms. The molecule has 0 aliphatic carbocycles. The van der Waals surface area contributed by atoms with Gasteiger partial charge in [0.05, 0.1) is 16.6 Å². The summed E-state index contributed by atoms with van der Waals surface area (Å²) in [6.45, 7) is -0.106. The Morgan fingerprint density at radius 3 is 2.77 bits per heavy atom. The molecular formula is C20H15FN6OS2. The predicted molar refractivity (Wildman–Crippen MR) is 113 cm³/mol. The topological polar surface area (TPSA) is 76.3 Å². The highest BCUT2D eigenvalue weighted by atomic mass is 32.1. The Labute approximate surface area is 179 Å². The maximum Gasteiger partial charge on any atom is 0.266 e. The van der Waals surface area contributed by atoms with Crippen molar-refractivity contribution >= 4 is 34.3 Å². The van der Waals surface area contributed by atoms with Crippen LogP contribution >= 0.6 is 22.7 Å². The molecule has 5 rings (SSSR count). The molecule has 1 aliphatic heterocycles. The molecule has 150 valence electrons. The van der Waals surface area contributed by atoms with E-state index in [2.05, 4.69) is 20.5 Å². The molecule has 4 aromatic rings. The van der Waals surface area contributed by atoms with Gasteiger partial charge in [0.1, 0.15) is 12.4 Å². The zero-order valence-electron chi connectivity index (χ0n) is 15.6. The average molecular weight is 439 g/mol. The minimum absolute atomic E-state index is 0.106. The van der Waals surface area contributed by atoms with Crippen molar-refractivity contribution in [3.8, 4) is 11.4 Å². The number of benzene rings is 1. The van der Waals surface area contributed by atoms with Gasteiger partial charge >= 0.3 is 0 Å². The molecule has 1 aliphatic rings. The fourth-order valence-electron chi connectivity index (χ4n) is 3.28. The van der Waals surface area contributed by atoms with Crippen molar-refractivity contribution in [1.29, 1.82) is 0 Å². The van der Waals surface area contributed by atoms with E-state index in [0.717, 1.165) is 15.5 Å². The number of hydrogen-bond acceptors (Lipinski definition) is 7. The van der Waals surface area contributed by atoms with Gasteiger partial charge in [0.2, 0.25) is 5.82 Å². The molecule has 0 fully saturated rings. The van der Waals surface area contributed by atoms with Crippen molar-refractivity contribution < 1.29 is 9.18 Å². The van der Waals surface area contributed by atoms with Gasteiger partial charge in [0.25, 0.3) is 5.91 Å². The van der Waals surface area contributed by atoms with Crippen LogP contribution in [0, 0.1) is 5.82 Å². The zero-order chi connectivity index (χ0) is 20.5. The summed E-state index contributed by atoms with van der Waals surface area (Å²) in [5.74, 6) is -0.351. The average Bonchev–Trinajstić information content (AvgIpc) is 3.54. The van der Waals surface area contributed by atoms with Crippen LogP contribution in [0.25, 0.3) is 11.4 Å². The van der Waals surface area contributed by atoms with Crippen molar-refractivity contribution in [3.63, 3.8) is 0 Å². The molecule has 10 heteroatoms. The minimum Gasteiger partial charge on any atom is -0.271 e. The molecule has 0 N–H and O–H groups in total. The summed E-state index contributed by atoms with van der Waals surface area (Å²) in [4.78, 5) is 16.4. The third-order valence-electron chi connectivity index (χ3n) is 4.66. The first kappa shape index (κ1) is 18.8. The van der Waals surface area contributed by atoms with Gasteiger partial charge in [-0.1, -0.05) is 24.3 Å². The number of rotatable bonds is 5. The molecule has 7 nitrogen and oxygen atoms in total. The van der Waals surface area contributed by atoms with Crippen LogP contribution in [0.3, 0.4) is 0 Å². The van der Waals surface area contributed by atoms with Crippen LogP contribution in [-0.4, -0.2) is 36.8 Å². The van der Waals surface area contributed by atoms with Gasteiger partial charge in [-0.15, -0.1) is 32.9 Å². The lowest BCUT2D eigenvalue weighted by atomic mass is 10.1. The maximum absolute atomic E-state index is 13.4. The Hall–Kier alpha value is -3.24. The van der Waals surface area contributed by atoms with Gasteiger partial charge in [0.15, 0.2) is 0 Å². The Balaban J connectivity index is 1.38. The van der Waals surface area contributed by atoms with E-state index in [0.29, 0.717) is 12.0 Å². The maximum atomic E-state index is 13.4. The molecule has 0 radical (unpaired) electrons. The predicted octanol–water partition coefficient (Wildman–Crippen LogP) is 3.98. The summed E-state index contributed by atoms with van der Waals surface area (Å²) >= 11 is 3.20. The molecule has 0 saturated heterocycles. The largest absolute Gasteiger partial charge is 0.271 e. The van der Waals surface area contributed by atoms with Gasteiger partial charge in [-0.05, 0) is 40.2 Å². The van der Waals surface area contributed by atoms with Crippen LogP contribution in [0.4, 0.5) is 4.39 Å². The Morgan fingerprint density at radius 1 is 1.13 bits per heavy atom. The van der Waals surface area contributed by atoms with Gasteiger partial charge in [-0.3, -0.25) is 4.79 Å². The number of carbonyl (C=O) groups is 1. The fourth-order valence-corrected chi connectivity index (χ4v) is 4.81. The van der Waals surface area contributed by atoms with E-state index in [1.807, 2.05) is 35.0 Å². The number of carbonyl (C=O) groups excluding carboxylic acids is 1. The second-order valence-corrected chi connectivity index (χ2v) is 8.58. The normalized spacial score (nSPS) is 16.1. The first-order valence-electron chi connectivity index (χ1n) is 9.18. The minimum atomic E-state index is -0.383. The highest BCUT2D eigenvalue weighted by molar-refractivity contribution is 7.12. The third-order valence-corrected chi connectivity index (χ3v) is 6.55. The summed E-state index contributed by atoms with van der Waals surface area (Å²) in [5, 5.41) is 22.2. The second kappa shape index (κ2) is 7.88. The van der Waals surface area contributed by atoms with E-state index >= 15 is 0 Å². The Kier molecular flexibility index (Phi) is 4.93. The van der Waals surface area contributed by atoms with Gasteiger partial charge in [-0.2, -0.15) is 9.90 Å². The number of aromatic nitrogens is 4. The summed E-state index contributed by atoms with van der Waals surface area (Å²) in [7, 11) is 0. The van der Waals surface area contributed by atoms with Crippen molar-refractivity contribution in [2.75, 3.05) is 0 Å². The van der Waals surface area contributed by atoms with Gasteiger partial charge in [-0.25, -0.2) is 9.40 Å². The molecule has 0 bridgehead atoms. The standard InChI is InChI=1S/C20H15FN6OS2/c21-14-5-1-4-13(10-14)20-22-25-26(24-20)12-19(28)27-16(18-7-3-9-30-18)11-15(23-27)17-6-2-8-29-17/h1-10,16H,11-12H2. The Bertz CT molecular complexity index is 1200. The third kappa shape index (κ3) is 3.66. The summed E-state index contributed by atoms with van der Waals surface area (Å²) in [6, 6.07) is 13.7. The summed E-state index contributed by atoms with van der Waals surface area (Å²) in [5.41, 5.74) is 1.40. The van der Waals surface area contributed by atoms with E-state index < -0.39 is 0 Å². The molecular weight excluding hydrogens is 423 g/mol. The van der Waals surface area contributed by atoms with E-state index in [1.165, 1.54) is 21.9 Å². The summed E-state index contributed by atoms with van der Waals surface area (Å²) in [6.07, 6.45) is 0.659. The fraction of sp³-hybridized carbons (Fsp3) is 0.150. The lowest BCUT2D eigenvalue weighted by molar-refractivity contribution is -0.134. The lowest BCUT2D eigenvalue weighted by Crippen LogP contribution is -2.30. The molecule has 3 aromatic heterocycles. The van der Waals surface area contributed by atoms with E-state index in [9.17, 15) is 9.18 Å². The van der Waals surface area contributed by atoms with Crippen molar-refractivity contribution in [3.05, 3.63) is 74.9 Å². The molecule has 1 amide bonds. The van der Waals surface area contributed by atoms with Crippen LogP contribution in [0.2, 0.25) is 0 Å². The SMILES string of the molecule is O=C(Cn1nnc(-c2cccc(F)c2)n1)N1N=C(c2cccs2)CC1c1cccs1. The quantitative estimate of drug-likeness (QED) is 0.472. The van der Waals surface area contributed by atoms with E-state index in [4.69, 9.17) is 0 Å². The lowest BCUT2D eigenvalue weighted by Gasteiger charge is -2.20. The van der Waals surface area contributed by atoms with Gasteiger partial charge in [0, 0.05) is 16.9 Å². The smallest absolute Gasteiger partial charge is 0.266 e. The number of thiophene rings is 2. The molecule has 1 unspecified atom stereocenters. The van der Waals surface area contributed by atoms with Crippen LogP contribution in [0.15, 0.2) is 64.4 Å². The van der Waals surface area contributed by atoms with Crippen molar-refractivity contribution in [1.82, 2.24) is 25.2 Å². The molecule has 4 heterocycles. The zero-order valence-corrected chi connectivity index (χ0v) is 17.2. The van der Waals surface area contributed by atoms with Crippen LogP contribution in [0.1, 0.15) is 22.2 Å². The van der Waals surface area contributed by atoms with Crippen molar-refractivity contribution in [2.45, 2.75) is 19.0 Å². The highest BCUT2D eigenvalue weighted by Gasteiger charge is 2.34. The van der Waals surface area contributed by atoms with Gasteiger partial charge < -0.3 is 0 Å². The number of halogens is 1. The van der Waals surface area contributed by atoms with E-state index in [-0.39, 0.29) is 30.1 Å². The highest BCUT2D eigenvalue weighted by Crippen LogP contribution is 2.36. The van der Waals surface area contributed by atoms with Crippen LogP contribution < -0.4 is 0 Å². The first-order chi connectivity index (χ1) is 14.7. The number of nitrogens with zero attached hydrogens (tertiary/aromatic N) is 6. The van der Waals surface area contributed by atoms with Crippen LogP contribution in [0.5, 0.6) is 0 Å². The number of hydrogen-bond donors (Lipinski definition) is 0. The number of hydrazone groups is 1. The summed E-state index contributed by atoms with van der Waals surface area (Å²) < 4.78 is 13.4. The molecule has 1 aromatic carbocycles.